The number of hydrogen-bond donors (Lipinski definition) is 1. The minimum atomic E-state index is -4.22. The van der Waals surface area contributed by atoms with Gasteiger partial charge in [0.2, 0.25) is 0 Å². The smallest absolute Gasteiger partial charge is 0.378 e. The van der Waals surface area contributed by atoms with Gasteiger partial charge in [0.25, 0.3) is 0 Å². The summed E-state index contributed by atoms with van der Waals surface area (Å²) in [5, 5.41) is 8.49. The van der Waals surface area contributed by atoms with Gasteiger partial charge in [-0.1, -0.05) is 20.4 Å². The van der Waals surface area contributed by atoms with Gasteiger partial charge in [0.1, 0.15) is 0 Å². The highest BCUT2D eigenvalue weighted by molar-refractivity contribution is 5.88. The van der Waals surface area contributed by atoms with E-state index in [1.165, 1.54) is 6.92 Å². The van der Waals surface area contributed by atoms with Gasteiger partial charge in [0.15, 0.2) is 12.7 Å². The van der Waals surface area contributed by atoms with E-state index in [0.29, 0.717) is 0 Å². The quantitative estimate of drug-likeness (QED) is 0.543. The minimum Gasteiger partial charge on any atom is -0.477 e. The fraction of sp³-hybridized carbons (Fsp3) is 0.615. The Labute approximate surface area is 120 Å². The molecule has 0 fully saturated rings. The number of rotatable bonds is 8. The maximum Gasteiger partial charge on any atom is 0.378 e. The third-order valence-corrected chi connectivity index (χ3v) is 2.32. The highest BCUT2D eigenvalue weighted by Gasteiger charge is 2.50. The Kier molecular flexibility index (Phi) is 6.97. The Bertz CT molecular complexity index is 430. The number of hydrogen-bond acceptors (Lipinski definition) is 5. The lowest BCUT2D eigenvalue weighted by atomic mass is 10.0. The Hall–Kier alpha value is -1.99. The van der Waals surface area contributed by atoms with Gasteiger partial charge in [-0.25, -0.2) is 14.4 Å². The maximum absolute atomic E-state index is 13.5. The number of halogens is 2. The van der Waals surface area contributed by atoms with E-state index in [-0.39, 0.29) is 17.9 Å². The SMILES string of the molecule is C=C(C)C(=O)OCC(=O)OC(CC(C)C)C(F)(F)C(=O)O. The van der Waals surface area contributed by atoms with E-state index in [9.17, 15) is 23.2 Å². The van der Waals surface area contributed by atoms with Crippen molar-refractivity contribution >= 4 is 17.9 Å². The minimum absolute atomic E-state index is 0.0254. The van der Waals surface area contributed by atoms with Crippen LogP contribution >= 0.6 is 0 Å². The summed E-state index contributed by atoms with van der Waals surface area (Å²) in [7, 11) is 0. The standard InChI is InChI=1S/C13H18F2O6/c1-7(2)5-9(13(14,15)12(18)19)21-10(16)6-20-11(17)8(3)4/h7,9H,3,5-6H2,1-2,4H3,(H,18,19). The monoisotopic (exact) mass is 308 g/mol. The van der Waals surface area contributed by atoms with Crippen LogP contribution < -0.4 is 0 Å². The molecule has 1 N–H and O–H groups in total. The van der Waals surface area contributed by atoms with Gasteiger partial charge < -0.3 is 14.6 Å². The average Bonchev–Trinajstić information content (AvgIpc) is 2.34. The molecule has 21 heavy (non-hydrogen) atoms. The molecule has 0 rings (SSSR count). The van der Waals surface area contributed by atoms with Crippen LogP contribution in [0.1, 0.15) is 27.2 Å². The maximum atomic E-state index is 13.5. The first-order valence-corrected chi connectivity index (χ1v) is 6.11. The summed E-state index contributed by atoms with van der Waals surface area (Å²) in [6, 6.07) is 0. The van der Waals surface area contributed by atoms with Gasteiger partial charge in [-0.2, -0.15) is 8.78 Å². The molecule has 120 valence electrons. The fourth-order valence-corrected chi connectivity index (χ4v) is 1.28. The summed E-state index contributed by atoms with van der Waals surface area (Å²) < 4.78 is 35.8. The van der Waals surface area contributed by atoms with Gasteiger partial charge in [0, 0.05) is 5.57 Å². The van der Waals surface area contributed by atoms with Gasteiger partial charge in [0.05, 0.1) is 0 Å². The van der Waals surface area contributed by atoms with Crippen molar-refractivity contribution in [2.75, 3.05) is 6.61 Å². The first kappa shape index (κ1) is 19.0. The topological polar surface area (TPSA) is 89.9 Å². The van der Waals surface area contributed by atoms with Crippen LogP contribution in [-0.4, -0.2) is 41.6 Å². The Morgan fingerprint density at radius 1 is 1.29 bits per heavy atom. The molecule has 6 nitrogen and oxygen atoms in total. The fourth-order valence-electron chi connectivity index (χ4n) is 1.28. The summed E-state index contributed by atoms with van der Waals surface area (Å²) in [5.74, 6) is -9.07. The zero-order chi connectivity index (χ0) is 16.8. The molecular formula is C13H18F2O6. The molecule has 0 amide bonds. The lowest BCUT2D eigenvalue weighted by Crippen LogP contribution is -2.45. The average molecular weight is 308 g/mol. The highest BCUT2D eigenvalue weighted by Crippen LogP contribution is 2.27. The molecule has 0 aromatic rings. The van der Waals surface area contributed by atoms with Crippen molar-refractivity contribution in [1.29, 1.82) is 0 Å². The van der Waals surface area contributed by atoms with Crippen LogP contribution in [0, 0.1) is 5.92 Å². The number of alkyl halides is 2. The molecule has 1 unspecified atom stereocenters. The van der Waals surface area contributed by atoms with Gasteiger partial charge >= 0.3 is 23.8 Å². The number of carboxylic acid groups (broad SMARTS) is 1. The van der Waals surface area contributed by atoms with Crippen LogP contribution in [0.4, 0.5) is 8.78 Å². The van der Waals surface area contributed by atoms with Crippen LogP contribution in [0.25, 0.3) is 0 Å². The Balaban J connectivity index is 4.75. The van der Waals surface area contributed by atoms with Crippen molar-refractivity contribution in [2.24, 2.45) is 5.92 Å². The van der Waals surface area contributed by atoms with E-state index in [2.05, 4.69) is 16.1 Å². The number of carbonyl (C=O) groups excluding carboxylic acids is 2. The molecule has 1 atom stereocenters. The van der Waals surface area contributed by atoms with E-state index in [1.807, 2.05) is 0 Å². The third-order valence-electron chi connectivity index (χ3n) is 2.32. The molecule has 0 radical (unpaired) electrons. The van der Waals surface area contributed by atoms with Crippen LogP contribution in [0.2, 0.25) is 0 Å². The predicted molar refractivity (Wildman–Crippen MR) is 67.7 cm³/mol. The normalized spacial score (nSPS) is 12.7. The third kappa shape index (κ3) is 6.33. The predicted octanol–water partition coefficient (Wildman–Crippen LogP) is 1.78. The summed E-state index contributed by atoms with van der Waals surface area (Å²) in [5.41, 5.74) is 0.0254. The lowest BCUT2D eigenvalue weighted by Gasteiger charge is -2.24. The van der Waals surface area contributed by atoms with Gasteiger partial charge in [-0.05, 0) is 19.3 Å². The van der Waals surface area contributed by atoms with E-state index >= 15 is 0 Å². The molecule has 0 aromatic heterocycles. The second-order valence-electron chi connectivity index (χ2n) is 4.89. The second kappa shape index (κ2) is 7.70. The van der Waals surface area contributed by atoms with Crippen molar-refractivity contribution < 1.29 is 37.7 Å². The molecule has 0 saturated carbocycles. The first-order valence-electron chi connectivity index (χ1n) is 6.11. The van der Waals surface area contributed by atoms with Gasteiger partial charge in [-0.3, -0.25) is 0 Å². The van der Waals surface area contributed by atoms with Crippen LogP contribution in [0.5, 0.6) is 0 Å². The van der Waals surface area contributed by atoms with Crippen molar-refractivity contribution in [3.63, 3.8) is 0 Å². The molecule has 8 heteroatoms. The van der Waals surface area contributed by atoms with E-state index < -0.39 is 36.5 Å². The summed E-state index contributed by atoms with van der Waals surface area (Å²) >= 11 is 0. The molecule has 0 saturated heterocycles. The number of carboxylic acids is 1. The van der Waals surface area contributed by atoms with Gasteiger partial charge in [-0.15, -0.1) is 0 Å². The summed E-state index contributed by atoms with van der Waals surface area (Å²) in [6.07, 6.45) is -2.48. The largest absolute Gasteiger partial charge is 0.477 e. The van der Waals surface area contributed by atoms with Crippen LogP contribution in [0.15, 0.2) is 12.2 Å². The molecule has 0 aliphatic carbocycles. The number of ether oxygens (including phenoxy) is 2. The first-order chi connectivity index (χ1) is 9.48. The molecule has 0 aliphatic heterocycles. The second-order valence-corrected chi connectivity index (χ2v) is 4.89. The highest BCUT2D eigenvalue weighted by atomic mass is 19.3. The Morgan fingerprint density at radius 3 is 2.19 bits per heavy atom. The Morgan fingerprint density at radius 2 is 1.81 bits per heavy atom. The number of aliphatic carboxylic acids is 1. The van der Waals surface area contributed by atoms with E-state index in [1.54, 1.807) is 13.8 Å². The molecule has 0 spiro atoms. The number of carbonyl (C=O) groups is 3. The van der Waals surface area contributed by atoms with E-state index in [4.69, 9.17) is 5.11 Å². The zero-order valence-corrected chi connectivity index (χ0v) is 12.0. The summed E-state index contributed by atoms with van der Waals surface area (Å²) in [6.45, 7) is 6.86. The lowest BCUT2D eigenvalue weighted by molar-refractivity contribution is -0.197. The zero-order valence-electron chi connectivity index (χ0n) is 12.0. The molecule has 0 aromatic carbocycles. The van der Waals surface area contributed by atoms with Crippen molar-refractivity contribution in [1.82, 2.24) is 0 Å². The van der Waals surface area contributed by atoms with Crippen molar-refractivity contribution in [3.8, 4) is 0 Å². The van der Waals surface area contributed by atoms with Crippen molar-refractivity contribution in [2.45, 2.75) is 39.2 Å². The van der Waals surface area contributed by atoms with Crippen LogP contribution in [0.3, 0.4) is 0 Å². The molecule has 0 heterocycles. The summed E-state index contributed by atoms with van der Waals surface area (Å²) in [4.78, 5) is 33.0. The number of esters is 2. The van der Waals surface area contributed by atoms with E-state index in [0.717, 1.165) is 0 Å². The van der Waals surface area contributed by atoms with Crippen LogP contribution in [-0.2, 0) is 23.9 Å². The van der Waals surface area contributed by atoms with Crippen molar-refractivity contribution in [3.05, 3.63) is 12.2 Å². The molecule has 0 aliphatic rings. The molecular weight excluding hydrogens is 290 g/mol. The molecule has 0 bridgehead atoms.